The number of fused-ring (bicyclic) bond motifs is 1. The number of hydrogen-bond donors (Lipinski definition) is 0. The van der Waals surface area contributed by atoms with Gasteiger partial charge >= 0.3 is 0 Å². The van der Waals surface area contributed by atoms with Gasteiger partial charge in [-0.05, 0) is 48.7 Å². The molecule has 0 aromatic heterocycles. The predicted octanol–water partition coefficient (Wildman–Crippen LogP) is 7.22. The van der Waals surface area contributed by atoms with Gasteiger partial charge in [-0.1, -0.05) is 91.0 Å². The second kappa shape index (κ2) is 5.64. The summed E-state index contributed by atoms with van der Waals surface area (Å²) in [7, 11) is 0. The lowest BCUT2D eigenvalue weighted by atomic mass is 9.87. The Kier molecular flexibility index (Phi) is 3.09. The molecule has 0 atom stereocenters. The summed E-state index contributed by atoms with van der Waals surface area (Å²) < 4.78 is 0. The van der Waals surface area contributed by atoms with Crippen molar-refractivity contribution in [2.75, 3.05) is 0 Å². The first kappa shape index (κ1) is 15.4. The van der Waals surface area contributed by atoms with Crippen LogP contribution in [0, 0.1) is 0 Å². The van der Waals surface area contributed by atoms with Crippen LogP contribution in [-0.2, 0) is 0 Å². The molecule has 0 spiro atoms. The highest BCUT2D eigenvalue weighted by Crippen LogP contribution is 2.41. The summed E-state index contributed by atoms with van der Waals surface area (Å²) in [6.07, 6.45) is 0.972. The molecular formula is C27H16O. The Balaban J connectivity index is 1.84. The van der Waals surface area contributed by atoms with E-state index in [1.807, 2.05) is 24.3 Å². The molecule has 0 amide bonds. The summed E-state index contributed by atoms with van der Waals surface area (Å²) in [5.74, 6) is 0. The molecule has 0 heterocycles. The fraction of sp³-hybridized carbons (Fsp3) is 0. The molecule has 0 aliphatic rings. The Bertz CT molecular complexity index is 1510. The highest BCUT2D eigenvalue weighted by molar-refractivity contribution is 6.26. The normalized spacial score (nSPS) is 11.7. The van der Waals surface area contributed by atoms with Gasteiger partial charge in [0.15, 0.2) is 6.29 Å². The van der Waals surface area contributed by atoms with Crippen LogP contribution in [0.1, 0.15) is 10.4 Å². The molecule has 0 bridgehead atoms. The summed E-state index contributed by atoms with van der Waals surface area (Å²) >= 11 is 0. The lowest BCUT2D eigenvalue weighted by Gasteiger charge is -2.16. The van der Waals surface area contributed by atoms with E-state index < -0.39 is 0 Å². The van der Waals surface area contributed by atoms with E-state index in [9.17, 15) is 4.79 Å². The standard InChI is InChI=1S/C27H16O/c28-16-21-11-8-17-4-1-2-7-22(17)26(21)23-14-13-20-10-9-18-5-3-6-19-12-15-24(23)27(20)25(18)19/h1-16H. The summed E-state index contributed by atoms with van der Waals surface area (Å²) in [4.78, 5) is 11.9. The Morgan fingerprint density at radius 2 is 1.14 bits per heavy atom. The molecule has 6 aromatic rings. The summed E-state index contributed by atoms with van der Waals surface area (Å²) in [6.45, 7) is 0. The summed E-state index contributed by atoms with van der Waals surface area (Å²) in [5, 5.41) is 9.76. The quantitative estimate of drug-likeness (QED) is 0.236. The fourth-order valence-corrected chi connectivity index (χ4v) is 4.64. The van der Waals surface area contributed by atoms with E-state index in [-0.39, 0.29) is 0 Å². The van der Waals surface area contributed by atoms with Crippen LogP contribution in [0.4, 0.5) is 0 Å². The van der Waals surface area contributed by atoms with Crippen LogP contribution in [0.25, 0.3) is 54.2 Å². The van der Waals surface area contributed by atoms with Crippen LogP contribution in [-0.4, -0.2) is 6.29 Å². The second-order valence-electron chi connectivity index (χ2n) is 7.34. The number of benzene rings is 6. The van der Waals surface area contributed by atoms with Crippen molar-refractivity contribution in [3.8, 4) is 11.1 Å². The zero-order valence-corrected chi connectivity index (χ0v) is 15.1. The molecular weight excluding hydrogens is 340 g/mol. The van der Waals surface area contributed by atoms with E-state index in [0.29, 0.717) is 0 Å². The van der Waals surface area contributed by atoms with E-state index in [0.717, 1.165) is 33.7 Å². The third-order valence-corrected chi connectivity index (χ3v) is 5.89. The molecule has 0 unspecified atom stereocenters. The van der Waals surface area contributed by atoms with Gasteiger partial charge in [0.1, 0.15) is 0 Å². The molecule has 0 N–H and O–H groups in total. The lowest BCUT2D eigenvalue weighted by Crippen LogP contribution is -1.92. The molecule has 0 fully saturated rings. The van der Waals surface area contributed by atoms with Crippen LogP contribution in [0.15, 0.2) is 91.0 Å². The summed E-state index contributed by atoms with van der Waals surface area (Å²) in [6, 6.07) is 31.8. The van der Waals surface area contributed by atoms with Crippen molar-refractivity contribution in [1.82, 2.24) is 0 Å². The molecule has 28 heavy (non-hydrogen) atoms. The van der Waals surface area contributed by atoms with E-state index in [4.69, 9.17) is 0 Å². The topological polar surface area (TPSA) is 17.1 Å². The Hall–Kier alpha value is -3.71. The predicted molar refractivity (Wildman–Crippen MR) is 118 cm³/mol. The molecule has 0 saturated heterocycles. The van der Waals surface area contributed by atoms with E-state index in [1.54, 1.807) is 0 Å². The molecule has 6 rings (SSSR count). The Morgan fingerprint density at radius 3 is 1.96 bits per heavy atom. The van der Waals surface area contributed by atoms with Gasteiger partial charge in [-0.25, -0.2) is 0 Å². The highest BCUT2D eigenvalue weighted by Gasteiger charge is 2.15. The highest BCUT2D eigenvalue weighted by atomic mass is 16.1. The number of carbonyl (C=O) groups excluding carboxylic acids is 1. The van der Waals surface area contributed by atoms with Crippen molar-refractivity contribution in [3.63, 3.8) is 0 Å². The summed E-state index contributed by atoms with van der Waals surface area (Å²) in [5.41, 5.74) is 2.87. The number of carbonyl (C=O) groups is 1. The van der Waals surface area contributed by atoms with Crippen molar-refractivity contribution < 1.29 is 4.79 Å². The van der Waals surface area contributed by atoms with Crippen molar-refractivity contribution >= 4 is 49.4 Å². The third-order valence-electron chi connectivity index (χ3n) is 5.89. The first-order chi connectivity index (χ1) is 13.8. The smallest absolute Gasteiger partial charge is 0.150 e. The van der Waals surface area contributed by atoms with Gasteiger partial charge in [0.05, 0.1) is 0 Å². The molecule has 1 nitrogen and oxygen atoms in total. The largest absolute Gasteiger partial charge is 0.298 e. The van der Waals surface area contributed by atoms with Gasteiger partial charge in [0.25, 0.3) is 0 Å². The molecule has 0 saturated carbocycles. The molecule has 0 aliphatic heterocycles. The first-order valence-corrected chi connectivity index (χ1v) is 9.49. The molecule has 130 valence electrons. The molecule has 0 radical (unpaired) electrons. The van der Waals surface area contributed by atoms with Crippen LogP contribution in [0.2, 0.25) is 0 Å². The maximum absolute atomic E-state index is 11.9. The SMILES string of the molecule is O=Cc1ccc2ccccc2c1-c1ccc2ccc3cccc4ccc1c2c34. The van der Waals surface area contributed by atoms with E-state index in [1.165, 1.54) is 32.3 Å². The van der Waals surface area contributed by atoms with E-state index >= 15 is 0 Å². The lowest BCUT2D eigenvalue weighted by molar-refractivity contribution is 0.112. The Morgan fingerprint density at radius 1 is 0.500 bits per heavy atom. The first-order valence-electron chi connectivity index (χ1n) is 9.49. The maximum Gasteiger partial charge on any atom is 0.150 e. The zero-order chi connectivity index (χ0) is 18.7. The number of aldehydes is 1. The van der Waals surface area contributed by atoms with Crippen LogP contribution < -0.4 is 0 Å². The zero-order valence-electron chi connectivity index (χ0n) is 15.1. The van der Waals surface area contributed by atoms with Crippen molar-refractivity contribution in [3.05, 3.63) is 96.6 Å². The minimum atomic E-state index is 0.730. The number of rotatable bonds is 2. The van der Waals surface area contributed by atoms with Gasteiger partial charge in [-0.2, -0.15) is 0 Å². The van der Waals surface area contributed by atoms with Crippen molar-refractivity contribution in [2.45, 2.75) is 0 Å². The van der Waals surface area contributed by atoms with Gasteiger partial charge in [-0.3, -0.25) is 4.79 Å². The number of hydrogen-bond acceptors (Lipinski definition) is 1. The average molecular weight is 356 g/mol. The molecule has 0 aliphatic carbocycles. The van der Waals surface area contributed by atoms with Gasteiger partial charge in [-0.15, -0.1) is 0 Å². The van der Waals surface area contributed by atoms with Gasteiger partial charge in [0, 0.05) is 11.1 Å². The van der Waals surface area contributed by atoms with Crippen LogP contribution in [0.3, 0.4) is 0 Å². The van der Waals surface area contributed by atoms with Gasteiger partial charge in [0.2, 0.25) is 0 Å². The second-order valence-corrected chi connectivity index (χ2v) is 7.34. The minimum Gasteiger partial charge on any atom is -0.298 e. The average Bonchev–Trinajstić information content (AvgIpc) is 2.76. The van der Waals surface area contributed by atoms with Crippen molar-refractivity contribution in [1.29, 1.82) is 0 Å². The van der Waals surface area contributed by atoms with E-state index in [2.05, 4.69) is 66.7 Å². The maximum atomic E-state index is 11.9. The Labute approximate surface area is 162 Å². The monoisotopic (exact) mass is 356 g/mol. The van der Waals surface area contributed by atoms with Crippen molar-refractivity contribution in [2.24, 2.45) is 0 Å². The fourth-order valence-electron chi connectivity index (χ4n) is 4.64. The van der Waals surface area contributed by atoms with Crippen LogP contribution >= 0.6 is 0 Å². The third kappa shape index (κ3) is 1.99. The van der Waals surface area contributed by atoms with Crippen LogP contribution in [0.5, 0.6) is 0 Å². The molecule has 1 heteroatoms. The molecule has 6 aromatic carbocycles. The minimum absolute atomic E-state index is 0.730. The van der Waals surface area contributed by atoms with Gasteiger partial charge < -0.3 is 0 Å².